The van der Waals surface area contributed by atoms with Gasteiger partial charge in [-0.15, -0.1) is 0 Å². The highest BCUT2D eigenvalue weighted by molar-refractivity contribution is 6.05. The molecule has 0 fully saturated rings. The number of aryl methyl sites for hydroxylation is 2. The summed E-state index contributed by atoms with van der Waals surface area (Å²) >= 11 is 0. The van der Waals surface area contributed by atoms with Crippen LogP contribution in [0.4, 0.5) is 11.4 Å². The van der Waals surface area contributed by atoms with E-state index in [1.807, 2.05) is 64.1 Å². The first-order chi connectivity index (χ1) is 12.0. The minimum absolute atomic E-state index is 0.203. The molecule has 1 aromatic carbocycles. The third kappa shape index (κ3) is 3.60. The summed E-state index contributed by atoms with van der Waals surface area (Å²) in [6.07, 6.45) is 1.32. The maximum atomic E-state index is 12.5. The van der Waals surface area contributed by atoms with Crippen LogP contribution in [-0.2, 0) is 4.74 Å². The third-order valence-electron chi connectivity index (χ3n) is 3.84. The molecule has 0 aliphatic carbocycles. The maximum absolute atomic E-state index is 12.5. The Kier molecular flexibility index (Phi) is 4.65. The van der Waals surface area contributed by atoms with Gasteiger partial charge in [-0.1, -0.05) is 18.2 Å². The molecule has 5 heteroatoms. The van der Waals surface area contributed by atoms with Gasteiger partial charge in [-0.2, -0.15) is 0 Å². The largest absolute Gasteiger partial charge is 0.459 e. The lowest BCUT2D eigenvalue weighted by atomic mass is 10.1. The number of nitrogens with one attached hydrogen (secondary N) is 1. The Hall–Kier alpha value is -2.95. The topological polar surface area (TPSA) is 64.1 Å². The van der Waals surface area contributed by atoms with Crippen molar-refractivity contribution in [2.45, 2.75) is 33.8 Å². The van der Waals surface area contributed by atoms with E-state index in [9.17, 15) is 4.79 Å². The predicted molar refractivity (Wildman–Crippen MR) is 99.3 cm³/mol. The molecule has 3 aromatic rings. The Bertz CT molecular complexity index is 935. The second-order valence-corrected chi connectivity index (χ2v) is 6.26. The summed E-state index contributed by atoms with van der Waals surface area (Å²) in [5, 5.41) is 4.16. The van der Waals surface area contributed by atoms with E-state index in [-0.39, 0.29) is 6.10 Å². The number of para-hydroxylation sites is 1. The number of rotatable bonds is 4. The fraction of sp³-hybridized carbons (Fsp3) is 0.250. The molecule has 2 heterocycles. The molecule has 0 radical (unpaired) electrons. The molecule has 0 aliphatic rings. The van der Waals surface area contributed by atoms with Crippen molar-refractivity contribution in [3.8, 4) is 0 Å². The Morgan fingerprint density at radius 1 is 1.12 bits per heavy atom. The molecule has 0 spiro atoms. The van der Waals surface area contributed by atoms with Crippen molar-refractivity contribution in [3.63, 3.8) is 0 Å². The van der Waals surface area contributed by atoms with Gasteiger partial charge in [-0.25, -0.2) is 14.8 Å². The molecule has 0 atom stereocenters. The van der Waals surface area contributed by atoms with Crippen molar-refractivity contribution < 1.29 is 9.53 Å². The number of nitrogens with zero attached hydrogens (tertiary/aromatic N) is 2. The SMILES string of the molecule is Cc1ccc2c(Nc3ccccc3C)c(C(=O)OC(C)C)cnc2n1. The standard InChI is InChI=1S/C20H21N3O2/c1-12(2)25-20(24)16-11-21-19-15(10-9-14(4)22-19)18(16)23-17-8-6-5-7-13(17)3/h5-12H,1-4H3,(H,21,22,23). The summed E-state index contributed by atoms with van der Waals surface area (Å²) in [6, 6.07) is 11.8. The minimum Gasteiger partial charge on any atom is -0.459 e. The van der Waals surface area contributed by atoms with E-state index in [1.165, 1.54) is 6.20 Å². The second kappa shape index (κ2) is 6.89. The predicted octanol–water partition coefficient (Wildman–Crippen LogP) is 4.56. The fourth-order valence-corrected chi connectivity index (χ4v) is 2.59. The summed E-state index contributed by atoms with van der Waals surface area (Å²) in [7, 11) is 0. The van der Waals surface area contributed by atoms with Gasteiger partial charge in [0.05, 0.1) is 11.8 Å². The molecule has 2 aromatic heterocycles. The van der Waals surface area contributed by atoms with Crippen molar-refractivity contribution in [2.75, 3.05) is 5.32 Å². The number of hydrogen-bond donors (Lipinski definition) is 1. The van der Waals surface area contributed by atoms with Gasteiger partial charge in [0.15, 0.2) is 5.65 Å². The summed E-state index contributed by atoms with van der Waals surface area (Å²) in [6.45, 7) is 7.58. The van der Waals surface area contributed by atoms with E-state index < -0.39 is 5.97 Å². The highest BCUT2D eigenvalue weighted by Crippen LogP contribution is 2.30. The van der Waals surface area contributed by atoms with E-state index >= 15 is 0 Å². The van der Waals surface area contributed by atoms with Crippen molar-refractivity contribution >= 4 is 28.4 Å². The van der Waals surface area contributed by atoms with Gasteiger partial charge in [0.2, 0.25) is 0 Å². The molecule has 1 N–H and O–H groups in total. The van der Waals surface area contributed by atoms with Crippen LogP contribution < -0.4 is 5.32 Å². The fourth-order valence-electron chi connectivity index (χ4n) is 2.59. The van der Waals surface area contributed by atoms with Crippen LogP contribution in [0.1, 0.15) is 35.5 Å². The molecule has 25 heavy (non-hydrogen) atoms. The van der Waals surface area contributed by atoms with Gasteiger partial charge in [-0.3, -0.25) is 0 Å². The monoisotopic (exact) mass is 335 g/mol. The summed E-state index contributed by atoms with van der Waals surface area (Å²) in [5.41, 5.74) is 4.54. The Balaban J connectivity index is 2.17. The van der Waals surface area contributed by atoms with Gasteiger partial charge >= 0.3 is 5.97 Å². The number of pyridine rings is 2. The van der Waals surface area contributed by atoms with Crippen LogP contribution in [0.15, 0.2) is 42.6 Å². The van der Waals surface area contributed by atoms with Gasteiger partial charge in [0.25, 0.3) is 0 Å². The normalized spacial score (nSPS) is 10.9. The third-order valence-corrected chi connectivity index (χ3v) is 3.84. The minimum atomic E-state index is -0.402. The molecule has 0 aliphatic heterocycles. The zero-order valence-electron chi connectivity index (χ0n) is 14.8. The Labute approximate surface area is 147 Å². The second-order valence-electron chi connectivity index (χ2n) is 6.26. The van der Waals surface area contributed by atoms with Crippen LogP contribution in [0.5, 0.6) is 0 Å². The number of esters is 1. The summed E-state index contributed by atoms with van der Waals surface area (Å²) in [4.78, 5) is 21.3. The van der Waals surface area contributed by atoms with Crippen LogP contribution in [0.2, 0.25) is 0 Å². The van der Waals surface area contributed by atoms with Crippen LogP contribution in [-0.4, -0.2) is 22.0 Å². The van der Waals surface area contributed by atoms with E-state index in [4.69, 9.17) is 4.74 Å². The van der Waals surface area contributed by atoms with E-state index in [0.29, 0.717) is 16.9 Å². The van der Waals surface area contributed by atoms with Crippen molar-refractivity contribution in [1.29, 1.82) is 0 Å². The van der Waals surface area contributed by atoms with Crippen LogP contribution in [0, 0.1) is 13.8 Å². The van der Waals surface area contributed by atoms with E-state index in [1.54, 1.807) is 0 Å². The van der Waals surface area contributed by atoms with Gasteiger partial charge in [-0.05, 0) is 51.5 Å². The number of anilines is 2. The number of hydrogen-bond acceptors (Lipinski definition) is 5. The molecule has 3 rings (SSSR count). The average molecular weight is 335 g/mol. The van der Waals surface area contributed by atoms with Crippen LogP contribution in [0.3, 0.4) is 0 Å². The molecule has 5 nitrogen and oxygen atoms in total. The first-order valence-electron chi connectivity index (χ1n) is 8.25. The highest BCUT2D eigenvalue weighted by atomic mass is 16.5. The Morgan fingerprint density at radius 3 is 2.60 bits per heavy atom. The molecule has 0 saturated heterocycles. The molecule has 128 valence electrons. The number of benzene rings is 1. The van der Waals surface area contributed by atoms with E-state index in [0.717, 1.165) is 22.3 Å². The molecular formula is C20H21N3O2. The lowest BCUT2D eigenvalue weighted by molar-refractivity contribution is 0.0379. The Morgan fingerprint density at radius 2 is 1.88 bits per heavy atom. The first kappa shape index (κ1) is 16.9. The van der Waals surface area contributed by atoms with Gasteiger partial charge in [0.1, 0.15) is 5.56 Å². The van der Waals surface area contributed by atoms with Crippen molar-refractivity contribution in [2.24, 2.45) is 0 Å². The molecule has 0 amide bonds. The molecule has 0 unspecified atom stereocenters. The lowest BCUT2D eigenvalue weighted by Gasteiger charge is -2.16. The van der Waals surface area contributed by atoms with Crippen molar-refractivity contribution in [3.05, 3.63) is 59.4 Å². The number of carbonyl (C=O) groups is 1. The number of fused-ring (bicyclic) bond motifs is 1. The molecule has 0 bridgehead atoms. The number of carbonyl (C=O) groups excluding carboxylic acids is 1. The first-order valence-corrected chi connectivity index (χ1v) is 8.25. The highest BCUT2D eigenvalue weighted by Gasteiger charge is 2.19. The number of ether oxygens (including phenoxy) is 1. The van der Waals surface area contributed by atoms with Gasteiger partial charge in [0, 0.05) is 23.0 Å². The van der Waals surface area contributed by atoms with E-state index in [2.05, 4.69) is 15.3 Å². The van der Waals surface area contributed by atoms with Crippen LogP contribution >= 0.6 is 0 Å². The number of aromatic nitrogens is 2. The zero-order valence-corrected chi connectivity index (χ0v) is 14.8. The average Bonchev–Trinajstić information content (AvgIpc) is 2.56. The van der Waals surface area contributed by atoms with Crippen molar-refractivity contribution in [1.82, 2.24) is 9.97 Å². The summed E-state index contributed by atoms with van der Waals surface area (Å²) in [5.74, 6) is -0.402. The smallest absolute Gasteiger partial charge is 0.342 e. The zero-order chi connectivity index (χ0) is 18.0. The van der Waals surface area contributed by atoms with Gasteiger partial charge < -0.3 is 10.1 Å². The maximum Gasteiger partial charge on any atom is 0.342 e. The quantitative estimate of drug-likeness (QED) is 0.708. The lowest BCUT2D eigenvalue weighted by Crippen LogP contribution is -2.14. The molecule has 0 saturated carbocycles. The molecular weight excluding hydrogens is 314 g/mol. The van der Waals surface area contributed by atoms with Crippen LogP contribution in [0.25, 0.3) is 11.0 Å². The summed E-state index contributed by atoms with van der Waals surface area (Å²) < 4.78 is 5.38.